The summed E-state index contributed by atoms with van der Waals surface area (Å²) in [5.41, 5.74) is 3.17. The molecule has 0 atom stereocenters. The monoisotopic (exact) mass is 258 g/mol. The number of anilines is 1. The molecule has 3 heteroatoms. The smallest absolute Gasteiger partial charge is 0.145 e. The molecule has 0 radical (unpaired) electrons. The molecule has 1 aromatic carbocycles. The standard InChI is InChI=1S/C16H22N2O/c1-5-19-15-8-6-7-13-14(17-4)10-12(9-11(2)3)18-16(13)15/h6-8,10-11H,5,9H2,1-4H3,(H,17,18). The van der Waals surface area contributed by atoms with E-state index >= 15 is 0 Å². The van der Waals surface area contributed by atoms with E-state index in [0.717, 1.165) is 34.5 Å². The number of ether oxygens (including phenoxy) is 1. The van der Waals surface area contributed by atoms with Crippen LogP contribution in [-0.2, 0) is 6.42 Å². The summed E-state index contributed by atoms with van der Waals surface area (Å²) in [7, 11) is 1.95. The van der Waals surface area contributed by atoms with Crippen LogP contribution in [0.2, 0.25) is 0 Å². The molecule has 0 fully saturated rings. The average Bonchev–Trinajstić information content (AvgIpc) is 2.38. The Kier molecular flexibility index (Phi) is 4.25. The van der Waals surface area contributed by atoms with E-state index < -0.39 is 0 Å². The maximum atomic E-state index is 5.69. The Labute approximate surface area is 115 Å². The van der Waals surface area contributed by atoms with Crippen molar-refractivity contribution in [3.8, 4) is 5.75 Å². The molecule has 1 heterocycles. The van der Waals surface area contributed by atoms with Gasteiger partial charge in [-0.05, 0) is 31.4 Å². The first-order valence-corrected chi connectivity index (χ1v) is 6.88. The van der Waals surface area contributed by atoms with Crippen LogP contribution in [0.4, 0.5) is 5.69 Å². The van der Waals surface area contributed by atoms with Gasteiger partial charge >= 0.3 is 0 Å². The molecule has 1 N–H and O–H groups in total. The summed E-state index contributed by atoms with van der Waals surface area (Å²) < 4.78 is 5.69. The zero-order valence-electron chi connectivity index (χ0n) is 12.2. The van der Waals surface area contributed by atoms with Gasteiger partial charge in [-0.25, -0.2) is 4.98 Å². The summed E-state index contributed by atoms with van der Waals surface area (Å²) >= 11 is 0. The molecular weight excluding hydrogens is 236 g/mol. The Bertz CT molecular complexity index is 564. The number of benzene rings is 1. The van der Waals surface area contributed by atoms with Crippen LogP contribution in [0.1, 0.15) is 26.5 Å². The summed E-state index contributed by atoms with van der Waals surface area (Å²) in [4.78, 5) is 4.78. The van der Waals surface area contributed by atoms with Crippen LogP contribution in [0, 0.1) is 5.92 Å². The highest BCUT2D eigenvalue weighted by molar-refractivity contribution is 5.95. The number of aromatic nitrogens is 1. The lowest BCUT2D eigenvalue weighted by atomic mass is 10.1. The maximum absolute atomic E-state index is 5.69. The maximum Gasteiger partial charge on any atom is 0.145 e. The zero-order valence-corrected chi connectivity index (χ0v) is 12.2. The first-order valence-electron chi connectivity index (χ1n) is 6.88. The summed E-state index contributed by atoms with van der Waals surface area (Å²) in [6.07, 6.45) is 0.977. The third-order valence-electron chi connectivity index (χ3n) is 3.04. The minimum atomic E-state index is 0.592. The molecule has 2 rings (SSSR count). The van der Waals surface area contributed by atoms with Gasteiger partial charge in [0, 0.05) is 23.8 Å². The molecule has 0 aliphatic heterocycles. The SMILES string of the molecule is CCOc1cccc2c(NC)cc(CC(C)C)nc12. The Morgan fingerprint density at radius 1 is 1.32 bits per heavy atom. The number of nitrogens with zero attached hydrogens (tertiary/aromatic N) is 1. The van der Waals surface area contributed by atoms with Crippen molar-refractivity contribution in [3.05, 3.63) is 30.0 Å². The van der Waals surface area contributed by atoms with Gasteiger partial charge in [-0.2, -0.15) is 0 Å². The van der Waals surface area contributed by atoms with Crippen molar-refractivity contribution in [1.82, 2.24) is 4.98 Å². The Balaban J connectivity index is 2.60. The molecule has 0 amide bonds. The van der Waals surface area contributed by atoms with Crippen molar-refractivity contribution in [2.24, 2.45) is 5.92 Å². The number of hydrogen-bond donors (Lipinski definition) is 1. The molecule has 0 bridgehead atoms. The van der Waals surface area contributed by atoms with Gasteiger partial charge in [0.2, 0.25) is 0 Å². The van der Waals surface area contributed by atoms with Crippen LogP contribution in [-0.4, -0.2) is 18.6 Å². The van der Waals surface area contributed by atoms with Gasteiger partial charge in [0.25, 0.3) is 0 Å². The zero-order chi connectivity index (χ0) is 13.8. The first-order chi connectivity index (χ1) is 9.15. The van der Waals surface area contributed by atoms with Gasteiger partial charge in [-0.3, -0.25) is 0 Å². The lowest BCUT2D eigenvalue weighted by Gasteiger charge is -2.13. The van der Waals surface area contributed by atoms with Crippen LogP contribution >= 0.6 is 0 Å². The highest BCUT2D eigenvalue weighted by atomic mass is 16.5. The summed E-state index contributed by atoms with van der Waals surface area (Å²) in [5.74, 6) is 1.45. The normalized spacial score (nSPS) is 11.0. The number of para-hydroxylation sites is 1. The largest absolute Gasteiger partial charge is 0.492 e. The van der Waals surface area contributed by atoms with E-state index in [1.54, 1.807) is 0 Å². The molecule has 0 aliphatic rings. The highest BCUT2D eigenvalue weighted by Gasteiger charge is 2.10. The number of nitrogens with one attached hydrogen (secondary N) is 1. The quantitative estimate of drug-likeness (QED) is 0.884. The van der Waals surface area contributed by atoms with E-state index in [1.165, 1.54) is 0 Å². The van der Waals surface area contributed by atoms with Gasteiger partial charge in [0.1, 0.15) is 11.3 Å². The molecule has 0 aliphatic carbocycles. The predicted molar refractivity (Wildman–Crippen MR) is 81.0 cm³/mol. The van der Waals surface area contributed by atoms with Crippen molar-refractivity contribution in [3.63, 3.8) is 0 Å². The van der Waals surface area contributed by atoms with Crippen LogP contribution in [0.5, 0.6) is 5.75 Å². The van der Waals surface area contributed by atoms with Crippen LogP contribution in [0.15, 0.2) is 24.3 Å². The fourth-order valence-corrected chi connectivity index (χ4v) is 2.28. The summed E-state index contributed by atoms with van der Waals surface area (Å²) in [5, 5.41) is 4.37. The van der Waals surface area contributed by atoms with Crippen LogP contribution < -0.4 is 10.1 Å². The average molecular weight is 258 g/mol. The molecule has 19 heavy (non-hydrogen) atoms. The van der Waals surface area contributed by atoms with Crippen molar-refractivity contribution >= 4 is 16.6 Å². The molecule has 0 saturated heterocycles. The number of pyridine rings is 1. The molecule has 0 saturated carbocycles. The fraction of sp³-hybridized carbons (Fsp3) is 0.438. The Morgan fingerprint density at radius 3 is 2.74 bits per heavy atom. The summed E-state index contributed by atoms with van der Waals surface area (Å²) in [6.45, 7) is 7.07. The number of rotatable bonds is 5. The Morgan fingerprint density at radius 2 is 2.11 bits per heavy atom. The van der Waals surface area contributed by atoms with E-state index in [0.29, 0.717) is 12.5 Å². The van der Waals surface area contributed by atoms with Crippen molar-refractivity contribution in [1.29, 1.82) is 0 Å². The lowest BCUT2D eigenvalue weighted by Crippen LogP contribution is -2.02. The van der Waals surface area contributed by atoms with Gasteiger partial charge in [-0.1, -0.05) is 26.0 Å². The van der Waals surface area contributed by atoms with E-state index in [1.807, 2.05) is 26.1 Å². The second-order valence-electron chi connectivity index (χ2n) is 5.09. The molecule has 102 valence electrons. The third-order valence-corrected chi connectivity index (χ3v) is 3.04. The molecule has 1 aromatic heterocycles. The van der Waals surface area contributed by atoms with Gasteiger partial charge < -0.3 is 10.1 Å². The second kappa shape index (κ2) is 5.91. The lowest BCUT2D eigenvalue weighted by molar-refractivity contribution is 0.343. The topological polar surface area (TPSA) is 34.1 Å². The molecule has 2 aromatic rings. The minimum absolute atomic E-state index is 0.592. The Hall–Kier alpha value is -1.77. The second-order valence-corrected chi connectivity index (χ2v) is 5.09. The minimum Gasteiger partial charge on any atom is -0.492 e. The van der Waals surface area contributed by atoms with Gasteiger partial charge in [-0.15, -0.1) is 0 Å². The predicted octanol–water partition coefficient (Wildman–Crippen LogP) is 3.87. The molecule has 3 nitrogen and oxygen atoms in total. The van der Waals surface area contributed by atoms with Crippen LogP contribution in [0.3, 0.4) is 0 Å². The molecule has 0 unspecified atom stereocenters. The number of fused-ring (bicyclic) bond motifs is 1. The number of hydrogen-bond acceptors (Lipinski definition) is 3. The van der Waals surface area contributed by atoms with E-state index in [9.17, 15) is 0 Å². The van der Waals surface area contributed by atoms with E-state index in [2.05, 4.69) is 31.3 Å². The van der Waals surface area contributed by atoms with E-state index in [-0.39, 0.29) is 0 Å². The van der Waals surface area contributed by atoms with E-state index in [4.69, 9.17) is 9.72 Å². The first kappa shape index (κ1) is 13.7. The highest BCUT2D eigenvalue weighted by Crippen LogP contribution is 2.30. The molecular formula is C16H22N2O. The van der Waals surface area contributed by atoms with Crippen molar-refractivity contribution in [2.75, 3.05) is 19.0 Å². The fourth-order valence-electron chi connectivity index (χ4n) is 2.28. The third kappa shape index (κ3) is 2.98. The van der Waals surface area contributed by atoms with Crippen LogP contribution in [0.25, 0.3) is 10.9 Å². The van der Waals surface area contributed by atoms with Gasteiger partial charge in [0.15, 0.2) is 0 Å². The van der Waals surface area contributed by atoms with Gasteiger partial charge in [0.05, 0.1) is 6.61 Å². The summed E-state index contributed by atoms with van der Waals surface area (Å²) in [6, 6.07) is 8.21. The van der Waals surface area contributed by atoms with Crippen molar-refractivity contribution in [2.45, 2.75) is 27.2 Å². The van der Waals surface area contributed by atoms with Crippen molar-refractivity contribution < 1.29 is 4.74 Å². The molecule has 0 spiro atoms.